The van der Waals surface area contributed by atoms with E-state index in [9.17, 15) is 4.79 Å². The molecule has 0 radical (unpaired) electrons. The van der Waals surface area contributed by atoms with Crippen LogP contribution in [-0.4, -0.2) is 13.9 Å². The van der Waals surface area contributed by atoms with Crippen molar-refractivity contribution in [3.8, 4) is 0 Å². The summed E-state index contributed by atoms with van der Waals surface area (Å²) < 4.78 is 0. The van der Waals surface area contributed by atoms with Gasteiger partial charge in [0.15, 0.2) is 5.78 Å². The van der Waals surface area contributed by atoms with E-state index in [0.29, 0.717) is 0 Å². The molecule has 0 aliphatic heterocycles. The van der Waals surface area contributed by atoms with Crippen molar-refractivity contribution >= 4 is 35.0 Å². The summed E-state index contributed by atoms with van der Waals surface area (Å²) in [5.41, 5.74) is 4.12. The van der Waals surface area contributed by atoms with Crippen LogP contribution in [0.4, 0.5) is 0 Å². The summed E-state index contributed by atoms with van der Waals surface area (Å²) in [6.45, 7) is 0. The monoisotopic (exact) mass is 506 g/mol. The minimum atomic E-state index is -2.46. The van der Waals surface area contributed by atoms with Gasteiger partial charge in [-0.15, -0.1) is 0 Å². The van der Waals surface area contributed by atoms with Gasteiger partial charge in [-0.25, -0.2) is 0 Å². The van der Waals surface area contributed by atoms with Crippen molar-refractivity contribution < 1.29 is 4.79 Å². The zero-order chi connectivity index (χ0) is 25.8. The fourth-order valence-electron chi connectivity index (χ4n) is 6.12. The van der Waals surface area contributed by atoms with Crippen LogP contribution in [0.2, 0.25) is 6.04 Å². The Morgan fingerprint density at radius 2 is 0.947 bits per heavy atom. The molecule has 5 aromatic rings. The molecule has 1 aliphatic carbocycles. The van der Waals surface area contributed by atoms with Crippen molar-refractivity contribution in [2.45, 2.75) is 12.5 Å². The number of carbonyl (C=O) groups excluding carboxylic acids is 1. The standard InChI is InChI=1S/C36H30OSi/c37-36(29-18-8-2-9-19-29)35-30(26-34(35)28-16-6-1-7-17-28)27-38(31-20-10-3-11-21-31,32-22-12-4-13-23-32)33-24-14-5-15-25-33/h1-25,30H,26-27H2. The van der Waals surface area contributed by atoms with E-state index in [1.807, 2.05) is 36.4 Å². The summed E-state index contributed by atoms with van der Waals surface area (Å²) in [6.07, 6.45) is 0.916. The largest absolute Gasteiger partial charge is 0.289 e. The van der Waals surface area contributed by atoms with Crippen molar-refractivity contribution in [3.05, 3.63) is 168 Å². The lowest BCUT2D eigenvalue weighted by molar-refractivity contribution is 0.102. The molecule has 1 aliphatic rings. The van der Waals surface area contributed by atoms with Crippen LogP contribution >= 0.6 is 0 Å². The Hall–Kier alpha value is -4.27. The van der Waals surface area contributed by atoms with Crippen LogP contribution in [0.5, 0.6) is 0 Å². The number of ketones is 1. The van der Waals surface area contributed by atoms with Crippen LogP contribution in [0.3, 0.4) is 0 Å². The van der Waals surface area contributed by atoms with E-state index in [0.717, 1.165) is 29.2 Å². The number of rotatable bonds is 8. The molecule has 0 saturated carbocycles. The summed E-state index contributed by atoms with van der Waals surface area (Å²) in [5, 5.41) is 4.16. The van der Waals surface area contributed by atoms with Crippen LogP contribution in [0, 0.1) is 5.92 Å². The quantitative estimate of drug-likeness (QED) is 0.133. The van der Waals surface area contributed by atoms with Crippen molar-refractivity contribution in [2.75, 3.05) is 0 Å². The minimum absolute atomic E-state index is 0.165. The first kappa shape index (κ1) is 24.1. The highest BCUT2D eigenvalue weighted by atomic mass is 28.3. The third-order valence-electron chi connectivity index (χ3n) is 7.94. The maximum Gasteiger partial charge on any atom is 0.189 e. The zero-order valence-electron chi connectivity index (χ0n) is 21.3. The van der Waals surface area contributed by atoms with Crippen molar-refractivity contribution in [1.82, 2.24) is 0 Å². The Morgan fingerprint density at radius 1 is 0.553 bits per heavy atom. The predicted molar refractivity (Wildman–Crippen MR) is 161 cm³/mol. The van der Waals surface area contributed by atoms with Gasteiger partial charge in [0, 0.05) is 11.1 Å². The van der Waals surface area contributed by atoms with E-state index in [1.165, 1.54) is 21.1 Å². The summed E-state index contributed by atoms with van der Waals surface area (Å²) in [6, 6.07) is 54.2. The SMILES string of the molecule is O=C(C1=C(c2ccccc2)CC1C[Si](c1ccccc1)(c1ccccc1)c1ccccc1)c1ccccc1. The second kappa shape index (κ2) is 10.6. The molecule has 0 aromatic heterocycles. The average molecular weight is 507 g/mol. The number of Topliss-reactive ketones (excluding diaryl/α,β-unsaturated/α-hetero) is 1. The third kappa shape index (κ3) is 4.38. The molecule has 0 heterocycles. The van der Waals surface area contributed by atoms with Crippen molar-refractivity contribution in [2.24, 2.45) is 5.92 Å². The van der Waals surface area contributed by atoms with Crippen LogP contribution in [0.1, 0.15) is 22.3 Å². The molecule has 0 fully saturated rings. The predicted octanol–water partition coefficient (Wildman–Crippen LogP) is 6.51. The van der Waals surface area contributed by atoms with Gasteiger partial charge in [-0.3, -0.25) is 4.79 Å². The molecule has 1 unspecified atom stereocenters. The van der Waals surface area contributed by atoms with E-state index in [2.05, 4.69) is 115 Å². The van der Waals surface area contributed by atoms with Gasteiger partial charge < -0.3 is 0 Å². The lowest BCUT2D eigenvalue weighted by Gasteiger charge is -2.42. The molecule has 0 N–H and O–H groups in total. The third-order valence-corrected chi connectivity index (χ3v) is 13.0. The number of hydrogen-bond donors (Lipinski definition) is 0. The minimum Gasteiger partial charge on any atom is -0.289 e. The maximum absolute atomic E-state index is 14.1. The van der Waals surface area contributed by atoms with Crippen LogP contribution in [-0.2, 0) is 0 Å². The second-order valence-electron chi connectivity index (χ2n) is 10.1. The van der Waals surface area contributed by atoms with E-state index < -0.39 is 8.07 Å². The van der Waals surface area contributed by atoms with Crippen LogP contribution < -0.4 is 15.6 Å². The lowest BCUT2D eigenvalue weighted by Crippen LogP contribution is -2.68. The maximum atomic E-state index is 14.1. The number of benzene rings is 5. The van der Waals surface area contributed by atoms with Gasteiger partial charge in [-0.05, 0) is 45.1 Å². The van der Waals surface area contributed by atoms with Gasteiger partial charge in [0.1, 0.15) is 8.07 Å². The van der Waals surface area contributed by atoms with Crippen molar-refractivity contribution in [1.29, 1.82) is 0 Å². The molecular formula is C36H30OSi. The molecule has 5 aromatic carbocycles. The Labute approximate surface area is 226 Å². The van der Waals surface area contributed by atoms with Crippen LogP contribution in [0.25, 0.3) is 5.57 Å². The molecule has 2 heteroatoms. The van der Waals surface area contributed by atoms with Gasteiger partial charge in [-0.1, -0.05) is 152 Å². The zero-order valence-corrected chi connectivity index (χ0v) is 22.3. The summed E-state index contributed by atoms with van der Waals surface area (Å²) in [7, 11) is -2.46. The number of allylic oxidation sites excluding steroid dienone is 2. The topological polar surface area (TPSA) is 17.1 Å². The fraction of sp³-hybridized carbons (Fsp3) is 0.0833. The first-order valence-electron chi connectivity index (χ1n) is 13.3. The highest BCUT2D eigenvalue weighted by molar-refractivity contribution is 7.11. The molecule has 38 heavy (non-hydrogen) atoms. The fourth-order valence-corrected chi connectivity index (χ4v) is 11.2. The highest BCUT2D eigenvalue weighted by Gasteiger charge is 2.46. The van der Waals surface area contributed by atoms with Crippen LogP contribution in [0.15, 0.2) is 157 Å². The molecule has 1 nitrogen and oxygen atoms in total. The van der Waals surface area contributed by atoms with Gasteiger partial charge in [-0.2, -0.15) is 0 Å². The number of carbonyl (C=O) groups is 1. The number of hydrogen-bond acceptors (Lipinski definition) is 1. The molecule has 0 saturated heterocycles. The van der Waals surface area contributed by atoms with E-state index in [1.54, 1.807) is 0 Å². The molecule has 0 amide bonds. The molecule has 184 valence electrons. The van der Waals surface area contributed by atoms with Gasteiger partial charge in [0.05, 0.1) is 0 Å². The van der Waals surface area contributed by atoms with Gasteiger partial charge in [0.25, 0.3) is 0 Å². The average Bonchev–Trinajstić information content (AvgIpc) is 2.99. The summed E-state index contributed by atoms with van der Waals surface area (Å²) in [5.74, 6) is 0.350. The lowest BCUT2D eigenvalue weighted by atomic mass is 9.72. The van der Waals surface area contributed by atoms with E-state index >= 15 is 0 Å². The molecular weight excluding hydrogens is 476 g/mol. The Balaban J connectivity index is 1.53. The summed E-state index contributed by atoms with van der Waals surface area (Å²) >= 11 is 0. The van der Waals surface area contributed by atoms with Crippen molar-refractivity contribution in [3.63, 3.8) is 0 Å². The Bertz CT molecular complexity index is 1450. The smallest absolute Gasteiger partial charge is 0.189 e. The Kier molecular flexibility index (Phi) is 6.72. The highest BCUT2D eigenvalue weighted by Crippen LogP contribution is 2.46. The first-order valence-corrected chi connectivity index (χ1v) is 15.5. The van der Waals surface area contributed by atoms with Gasteiger partial charge in [0.2, 0.25) is 0 Å². The molecule has 1 atom stereocenters. The first-order chi connectivity index (χ1) is 18.8. The molecule has 0 bridgehead atoms. The Morgan fingerprint density at radius 3 is 1.39 bits per heavy atom. The van der Waals surface area contributed by atoms with E-state index in [-0.39, 0.29) is 11.7 Å². The second-order valence-corrected chi connectivity index (χ2v) is 14.0. The summed E-state index contributed by atoms with van der Waals surface area (Å²) in [4.78, 5) is 14.1. The molecule has 6 rings (SSSR count). The normalized spacial score (nSPS) is 15.1. The van der Waals surface area contributed by atoms with E-state index in [4.69, 9.17) is 0 Å². The van der Waals surface area contributed by atoms with Gasteiger partial charge >= 0.3 is 0 Å². The molecule has 0 spiro atoms.